The number of aryl methyl sites for hydroxylation is 1. The molecule has 0 unspecified atom stereocenters. The summed E-state index contributed by atoms with van der Waals surface area (Å²) in [5.41, 5.74) is 11.1. The van der Waals surface area contributed by atoms with Gasteiger partial charge in [0, 0.05) is 32.3 Å². The van der Waals surface area contributed by atoms with Gasteiger partial charge in [-0.3, -0.25) is 0 Å². The minimum atomic E-state index is -2.61. The average Bonchev–Trinajstić information content (AvgIpc) is 2.38. The Balaban J connectivity index is 2.63. The molecule has 0 aliphatic carbocycles. The zero-order chi connectivity index (χ0) is 15.7. The summed E-state index contributed by atoms with van der Waals surface area (Å²) in [4.78, 5) is 11.9. The Hall–Kier alpha value is -1.29. The largest absolute Gasteiger partial charge is 0.500 e. The zero-order valence-corrected chi connectivity index (χ0v) is 14.0. The van der Waals surface area contributed by atoms with E-state index in [4.69, 9.17) is 24.7 Å². The van der Waals surface area contributed by atoms with Crippen LogP contribution in [0.5, 0.6) is 0 Å². The minimum Gasteiger partial charge on any atom is -0.374 e. The Morgan fingerprint density at radius 1 is 0.857 bits per heavy atom. The molecule has 1 rings (SSSR count). The lowest BCUT2D eigenvalue weighted by Gasteiger charge is -2.28. The van der Waals surface area contributed by atoms with Gasteiger partial charge in [0.25, 0.3) is 0 Å². The van der Waals surface area contributed by atoms with E-state index in [1.54, 1.807) is 0 Å². The third-order valence-electron chi connectivity index (χ3n) is 2.69. The molecule has 1 aromatic heterocycles. The van der Waals surface area contributed by atoms with Gasteiger partial charge in [0.2, 0.25) is 11.9 Å². The van der Waals surface area contributed by atoms with Crippen LogP contribution in [-0.2, 0) is 19.7 Å². The van der Waals surface area contributed by atoms with Crippen molar-refractivity contribution in [3.8, 4) is 0 Å². The summed E-state index contributed by atoms with van der Waals surface area (Å²) in [6.07, 6.45) is 1.40. The third kappa shape index (κ3) is 5.92. The minimum absolute atomic E-state index is 0.139. The first-order chi connectivity index (χ1) is 10.0. The van der Waals surface area contributed by atoms with E-state index >= 15 is 0 Å². The second kappa shape index (κ2) is 8.88. The van der Waals surface area contributed by atoms with E-state index in [2.05, 4.69) is 15.0 Å². The van der Waals surface area contributed by atoms with E-state index in [-0.39, 0.29) is 11.9 Å². The molecule has 0 bridgehead atoms. The van der Waals surface area contributed by atoms with E-state index in [0.29, 0.717) is 38.1 Å². The van der Waals surface area contributed by atoms with Gasteiger partial charge in [-0.2, -0.15) is 15.0 Å². The van der Waals surface area contributed by atoms with E-state index in [9.17, 15) is 0 Å². The molecule has 8 nitrogen and oxygen atoms in total. The van der Waals surface area contributed by atoms with Crippen LogP contribution in [0, 0.1) is 0 Å². The van der Waals surface area contributed by atoms with Crippen LogP contribution in [0.4, 0.5) is 11.9 Å². The van der Waals surface area contributed by atoms with Crippen molar-refractivity contribution in [1.82, 2.24) is 15.0 Å². The van der Waals surface area contributed by atoms with Crippen LogP contribution in [-0.4, -0.2) is 43.6 Å². The second-order valence-electron chi connectivity index (χ2n) is 4.30. The number of aromatic nitrogens is 3. The highest BCUT2D eigenvalue weighted by Gasteiger charge is 2.39. The third-order valence-corrected chi connectivity index (χ3v) is 5.84. The van der Waals surface area contributed by atoms with Crippen molar-refractivity contribution in [3.63, 3.8) is 0 Å². The molecule has 0 aromatic carbocycles. The van der Waals surface area contributed by atoms with Crippen molar-refractivity contribution in [2.24, 2.45) is 0 Å². The summed E-state index contributed by atoms with van der Waals surface area (Å²) in [5, 5.41) is 0. The van der Waals surface area contributed by atoms with E-state index in [1.807, 2.05) is 20.8 Å². The lowest BCUT2D eigenvalue weighted by Crippen LogP contribution is -2.46. The van der Waals surface area contributed by atoms with Crippen molar-refractivity contribution in [3.05, 3.63) is 5.82 Å². The first-order valence-corrected chi connectivity index (χ1v) is 9.16. The van der Waals surface area contributed by atoms with Crippen molar-refractivity contribution in [2.75, 3.05) is 31.3 Å². The van der Waals surface area contributed by atoms with Gasteiger partial charge >= 0.3 is 8.80 Å². The van der Waals surface area contributed by atoms with E-state index in [0.717, 1.165) is 6.42 Å². The highest BCUT2D eigenvalue weighted by Crippen LogP contribution is 2.19. The van der Waals surface area contributed by atoms with Crippen LogP contribution < -0.4 is 11.5 Å². The fourth-order valence-corrected chi connectivity index (χ4v) is 4.65. The molecule has 1 heterocycles. The predicted octanol–water partition coefficient (Wildman–Crippen LogP) is 1.02. The molecule has 0 aliphatic rings. The van der Waals surface area contributed by atoms with Crippen molar-refractivity contribution < 1.29 is 13.3 Å². The van der Waals surface area contributed by atoms with Crippen LogP contribution in [0.3, 0.4) is 0 Å². The average molecular weight is 315 g/mol. The van der Waals surface area contributed by atoms with Crippen LogP contribution in [0.15, 0.2) is 0 Å². The van der Waals surface area contributed by atoms with Gasteiger partial charge in [-0.1, -0.05) is 0 Å². The monoisotopic (exact) mass is 315 g/mol. The van der Waals surface area contributed by atoms with Crippen LogP contribution >= 0.6 is 0 Å². The first kappa shape index (κ1) is 17.8. The molecular formula is C12H25N5O3Si. The van der Waals surface area contributed by atoms with Gasteiger partial charge < -0.3 is 24.7 Å². The molecule has 21 heavy (non-hydrogen) atoms. The molecule has 0 aliphatic heterocycles. The normalized spacial score (nSPS) is 11.8. The number of hydrogen-bond donors (Lipinski definition) is 2. The second-order valence-corrected chi connectivity index (χ2v) is 7.04. The fraction of sp³-hybridized carbons (Fsp3) is 0.750. The van der Waals surface area contributed by atoms with Gasteiger partial charge in [0.1, 0.15) is 5.82 Å². The number of nitrogens with zero attached hydrogens (tertiary/aromatic N) is 3. The molecule has 120 valence electrons. The number of nitrogens with two attached hydrogens (primary N) is 2. The highest BCUT2D eigenvalue weighted by atomic mass is 28.4. The van der Waals surface area contributed by atoms with Gasteiger partial charge in [-0.05, 0) is 27.2 Å². The van der Waals surface area contributed by atoms with E-state index in [1.165, 1.54) is 0 Å². The van der Waals surface area contributed by atoms with Crippen LogP contribution in [0.2, 0.25) is 6.04 Å². The molecule has 1 aromatic rings. The lowest BCUT2D eigenvalue weighted by molar-refractivity contribution is 0.0708. The molecule has 0 amide bonds. The molecule has 0 saturated heterocycles. The molecule has 4 N–H and O–H groups in total. The van der Waals surface area contributed by atoms with Crippen LogP contribution in [0.25, 0.3) is 0 Å². The molecule has 0 atom stereocenters. The van der Waals surface area contributed by atoms with Crippen molar-refractivity contribution in [1.29, 1.82) is 0 Å². The van der Waals surface area contributed by atoms with Gasteiger partial charge in [0.15, 0.2) is 0 Å². The number of rotatable bonds is 10. The maximum absolute atomic E-state index is 5.79. The molecule has 0 fully saturated rings. The Kier molecular flexibility index (Phi) is 7.51. The molecule has 9 heteroatoms. The topological polar surface area (TPSA) is 118 Å². The number of nitrogen functional groups attached to an aromatic ring is 2. The Morgan fingerprint density at radius 2 is 1.33 bits per heavy atom. The SMILES string of the molecule is CCO[Si](CCCc1nc(N)nc(N)n1)(OCC)OCC. The first-order valence-electron chi connectivity index (χ1n) is 7.23. The standard InChI is InChI=1S/C12H25N5O3Si/c1-4-18-21(19-5-2,20-6-3)9-7-8-10-15-11(13)17-12(14)16-10/h4-9H2,1-3H3,(H4,13,14,15,16,17). The number of hydrogen-bond acceptors (Lipinski definition) is 8. The van der Waals surface area contributed by atoms with Crippen molar-refractivity contribution >= 4 is 20.7 Å². The predicted molar refractivity (Wildman–Crippen MR) is 82.4 cm³/mol. The molecule has 0 spiro atoms. The molecule has 0 radical (unpaired) electrons. The fourth-order valence-electron chi connectivity index (χ4n) is 2.03. The summed E-state index contributed by atoms with van der Waals surface area (Å²) in [5.74, 6) is 0.855. The Bertz CT molecular complexity index is 398. The van der Waals surface area contributed by atoms with E-state index < -0.39 is 8.80 Å². The summed E-state index contributed by atoms with van der Waals surface area (Å²) in [7, 11) is -2.61. The summed E-state index contributed by atoms with van der Waals surface area (Å²) in [6, 6.07) is 0.702. The van der Waals surface area contributed by atoms with Gasteiger partial charge in [-0.15, -0.1) is 0 Å². The zero-order valence-electron chi connectivity index (χ0n) is 13.0. The molecule has 0 saturated carbocycles. The lowest BCUT2D eigenvalue weighted by atomic mass is 10.3. The summed E-state index contributed by atoms with van der Waals surface area (Å²) in [6.45, 7) is 7.51. The maximum Gasteiger partial charge on any atom is 0.500 e. The smallest absolute Gasteiger partial charge is 0.374 e. The van der Waals surface area contributed by atoms with Gasteiger partial charge in [-0.25, -0.2) is 0 Å². The molecular weight excluding hydrogens is 290 g/mol. The van der Waals surface area contributed by atoms with Crippen molar-refractivity contribution in [2.45, 2.75) is 39.7 Å². The number of anilines is 2. The summed E-state index contributed by atoms with van der Waals surface area (Å²) < 4.78 is 17.4. The van der Waals surface area contributed by atoms with Crippen LogP contribution in [0.1, 0.15) is 33.0 Å². The summed E-state index contributed by atoms with van der Waals surface area (Å²) >= 11 is 0. The Morgan fingerprint density at radius 3 is 1.76 bits per heavy atom. The van der Waals surface area contributed by atoms with Gasteiger partial charge in [0.05, 0.1) is 0 Å². The highest BCUT2D eigenvalue weighted by molar-refractivity contribution is 6.60. The maximum atomic E-state index is 5.79. The Labute approximate surface area is 126 Å². The quantitative estimate of drug-likeness (QED) is 0.614.